The molecule has 0 aromatic carbocycles. The lowest BCUT2D eigenvalue weighted by atomic mass is 9.84. The summed E-state index contributed by atoms with van der Waals surface area (Å²) in [6.07, 6.45) is 9.54. The van der Waals surface area contributed by atoms with Crippen LogP contribution in [-0.2, 0) is 11.3 Å². The molecule has 3 rings (SSSR count). The number of likely N-dealkylation sites (tertiary alicyclic amines) is 1. The number of carbonyl (C=O) groups is 1. The predicted octanol–water partition coefficient (Wildman–Crippen LogP) is 3.48. The standard InChI is InChI=1S/C19H32N4O.2ClH/c1-3-23-14-18(13-21-23)16-6-9-22(10-7-16)19(24)11-15(2)17-5-4-8-20-12-17;;/h13-17,20H,3-12H2,1-2H3;2*1H. The van der Waals surface area contributed by atoms with E-state index < -0.39 is 0 Å². The number of hydrogen-bond acceptors (Lipinski definition) is 3. The molecule has 2 aliphatic heterocycles. The minimum Gasteiger partial charge on any atom is -0.343 e. The van der Waals surface area contributed by atoms with Crippen LogP contribution < -0.4 is 5.32 Å². The van der Waals surface area contributed by atoms with Gasteiger partial charge in [-0.2, -0.15) is 5.10 Å². The number of aromatic nitrogens is 2. The molecule has 2 atom stereocenters. The highest BCUT2D eigenvalue weighted by Gasteiger charge is 2.27. The van der Waals surface area contributed by atoms with Gasteiger partial charge in [0.25, 0.3) is 0 Å². The Hall–Kier alpha value is -0.780. The molecule has 0 spiro atoms. The van der Waals surface area contributed by atoms with Gasteiger partial charge in [0.2, 0.25) is 5.91 Å². The first-order chi connectivity index (χ1) is 11.7. The van der Waals surface area contributed by atoms with Crippen molar-refractivity contribution in [2.24, 2.45) is 11.8 Å². The second-order valence-electron chi connectivity index (χ2n) is 7.57. The van der Waals surface area contributed by atoms with Gasteiger partial charge in [-0.15, -0.1) is 24.8 Å². The highest BCUT2D eigenvalue weighted by Crippen LogP contribution is 2.29. The summed E-state index contributed by atoms with van der Waals surface area (Å²) in [6, 6.07) is 0. The third-order valence-corrected chi connectivity index (χ3v) is 5.93. The Balaban J connectivity index is 0.00000169. The van der Waals surface area contributed by atoms with Crippen molar-refractivity contribution >= 4 is 30.7 Å². The summed E-state index contributed by atoms with van der Waals surface area (Å²) in [6.45, 7) is 9.30. The highest BCUT2D eigenvalue weighted by molar-refractivity contribution is 5.85. The quantitative estimate of drug-likeness (QED) is 0.816. The van der Waals surface area contributed by atoms with Gasteiger partial charge in [-0.3, -0.25) is 9.48 Å². The third-order valence-electron chi connectivity index (χ3n) is 5.93. The molecular formula is C19H34Cl2N4O. The maximum absolute atomic E-state index is 12.6. The van der Waals surface area contributed by atoms with E-state index in [9.17, 15) is 4.79 Å². The predicted molar refractivity (Wildman–Crippen MR) is 110 cm³/mol. The largest absolute Gasteiger partial charge is 0.343 e. The zero-order chi connectivity index (χ0) is 16.9. The SMILES string of the molecule is CCn1cc(C2CCN(C(=O)CC(C)C3CCCNC3)CC2)cn1.Cl.Cl. The van der Waals surface area contributed by atoms with Crippen LogP contribution in [-0.4, -0.2) is 46.8 Å². The molecule has 5 nitrogen and oxygen atoms in total. The number of nitrogens with one attached hydrogen (secondary N) is 1. The van der Waals surface area contributed by atoms with Gasteiger partial charge >= 0.3 is 0 Å². The van der Waals surface area contributed by atoms with Crippen LogP contribution in [0.2, 0.25) is 0 Å². The van der Waals surface area contributed by atoms with Crippen molar-refractivity contribution < 1.29 is 4.79 Å². The van der Waals surface area contributed by atoms with E-state index >= 15 is 0 Å². The molecule has 2 aliphatic rings. The highest BCUT2D eigenvalue weighted by atomic mass is 35.5. The van der Waals surface area contributed by atoms with E-state index in [1.165, 1.54) is 18.4 Å². The van der Waals surface area contributed by atoms with Gasteiger partial charge in [0.1, 0.15) is 0 Å². The number of amides is 1. The van der Waals surface area contributed by atoms with Crippen molar-refractivity contribution in [1.29, 1.82) is 0 Å². The Bertz CT molecular complexity index is 537. The van der Waals surface area contributed by atoms with Crippen LogP contribution in [0.5, 0.6) is 0 Å². The molecule has 0 radical (unpaired) electrons. The fourth-order valence-corrected chi connectivity index (χ4v) is 4.16. The summed E-state index contributed by atoms with van der Waals surface area (Å²) in [5.74, 6) is 2.08. The fourth-order valence-electron chi connectivity index (χ4n) is 4.16. The molecule has 150 valence electrons. The normalized spacial score (nSPS) is 22.2. The van der Waals surface area contributed by atoms with E-state index in [0.29, 0.717) is 30.1 Å². The smallest absolute Gasteiger partial charge is 0.222 e. The van der Waals surface area contributed by atoms with Gasteiger partial charge in [-0.1, -0.05) is 6.92 Å². The van der Waals surface area contributed by atoms with E-state index in [0.717, 1.165) is 45.6 Å². The molecule has 1 aromatic rings. The number of aryl methyl sites for hydroxylation is 1. The first kappa shape index (κ1) is 23.3. The van der Waals surface area contributed by atoms with Gasteiger partial charge in [0, 0.05) is 32.3 Å². The lowest BCUT2D eigenvalue weighted by Crippen LogP contribution is -2.40. The molecular weight excluding hydrogens is 371 g/mol. The molecule has 26 heavy (non-hydrogen) atoms. The van der Waals surface area contributed by atoms with Crippen LogP contribution in [0.25, 0.3) is 0 Å². The van der Waals surface area contributed by atoms with E-state index in [-0.39, 0.29) is 24.8 Å². The number of hydrogen-bond donors (Lipinski definition) is 1. The van der Waals surface area contributed by atoms with Gasteiger partial charge in [0.05, 0.1) is 6.20 Å². The lowest BCUT2D eigenvalue weighted by Gasteiger charge is -2.34. The molecule has 0 bridgehead atoms. The number of carbonyl (C=O) groups excluding carboxylic acids is 1. The maximum Gasteiger partial charge on any atom is 0.222 e. The second kappa shape index (κ2) is 11.2. The zero-order valence-corrected chi connectivity index (χ0v) is 17.7. The van der Waals surface area contributed by atoms with Crippen LogP contribution in [0.4, 0.5) is 0 Å². The molecule has 7 heteroatoms. The summed E-state index contributed by atoms with van der Waals surface area (Å²) in [5.41, 5.74) is 1.34. The second-order valence-corrected chi connectivity index (χ2v) is 7.57. The van der Waals surface area contributed by atoms with Gasteiger partial charge < -0.3 is 10.2 Å². The van der Waals surface area contributed by atoms with Crippen LogP contribution in [0.1, 0.15) is 57.4 Å². The molecule has 3 heterocycles. The topological polar surface area (TPSA) is 50.2 Å². The van der Waals surface area contributed by atoms with Crippen LogP contribution in [0.15, 0.2) is 12.4 Å². The minimum absolute atomic E-state index is 0. The Morgan fingerprint density at radius 1 is 1.31 bits per heavy atom. The van der Waals surface area contributed by atoms with Crippen molar-refractivity contribution in [3.63, 3.8) is 0 Å². The van der Waals surface area contributed by atoms with Gasteiger partial charge in [-0.05, 0) is 69.0 Å². The van der Waals surface area contributed by atoms with Gasteiger partial charge in [0.15, 0.2) is 0 Å². The van der Waals surface area contributed by atoms with Crippen molar-refractivity contribution in [2.45, 2.75) is 58.4 Å². The number of nitrogens with zero attached hydrogens (tertiary/aromatic N) is 3. The van der Waals surface area contributed by atoms with E-state index in [4.69, 9.17) is 0 Å². The van der Waals surface area contributed by atoms with Gasteiger partial charge in [-0.25, -0.2) is 0 Å². The zero-order valence-electron chi connectivity index (χ0n) is 16.0. The molecule has 2 unspecified atom stereocenters. The molecule has 0 saturated carbocycles. The molecule has 2 saturated heterocycles. The molecule has 2 fully saturated rings. The summed E-state index contributed by atoms with van der Waals surface area (Å²) in [5, 5.41) is 7.85. The Morgan fingerprint density at radius 3 is 2.62 bits per heavy atom. The monoisotopic (exact) mass is 404 g/mol. The van der Waals surface area contributed by atoms with E-state index in [2.05, 4.69) is 35.4 Å². The fraction of sp³-hybridized carbons (Fsp3) is 0.789. The first-order valence-electron chi connectivity index (χ1n) is 9.68. The number of rotatable bonds is 5. The Kier molecular flexibility index (Phi) is 9.98. The van der Waals surface area contributed by atoms with E-state index in [1.807, 2.05) is 10.9 Å². The maximum atomic E-state index is 12.6. The van der Waals surface area contributed by atoms with Crippen molar-refractivity contribution in [1.82, 2.24) is 20.0 Å². The number of halogens is 2. The third kappa shape index (κ3) is 5.86. The Morgan fingerprint density at radius 2 is 2.04 bits per heavy atom. The van der Waals surface area contributed by atoms with Crippen molar-refractivity contribution in [2.75, 3.05) is 26.2 Å². The van der Waals surface area contributed by atoms with E-state index in [1.54, 1.807) is 0 Å². The average molecular weight is 405 g/mol. The van der Waals surface area contributed by atoms with Crippen LogP contribution >= 0.6 is 24.8 Å². The lowest BCUT2D eigenvalue weighted by molar-refractivity contribution is -0.133. The summed E-state index contributed by atoms with van der Waals surface area (Å²) < 4.78 is 1.99. The summed E-state index contributed by atoms with van der Waals surface area (Å²) in [7, 11) is 0. The molecule has 1 amide bonds. The Labute approximate surface area is 170 Å². The summed E-state index contributed by atoms with van der Waals surface area (Å²) >= 11 is 0. The minimum atomic E-state index is 0. The molecule has 1 N–H and O–H groups in total. The van der Waals surface area contributed by atoms with Crippen molar-refractivity contribution in [3.05, 3.63) is 18.0 Å². The van der Waals surface area contributed by atoms with Crippen LogP contribution in [0.3, 0.4) is 0 Å². The summed E-state index contributed by atoms with van der Waals surface area (Å²) in [4.78, 5) is 14.7. The first-order valence-corrected chi connectivity index (χ1v) is 9.68. The van der Waals surface area contributed by atoms with Crippen molar-refractivity contribution in [3.8, 4) is 0 Å². The molecule has 0 aliphatic carbocycles. The average Bonchev–Trinajstić information content (AvgIpc) is 3.11. The number of piperidine rings is 2. The molecule has 1 aromatic heterocycles. The van der Waals surface area contributed by atoms with Crippen LogP contribution in [0, 0.1) is 11.8 Å².